The van der Waals surface area contributed by atoms with E-state index in [9.17, 15) is 4.79 Å². The van der Waals surface area contributed by atoms with Gasteiger partial charge in [0.15, 0.2) is 9.60 Å². The third-order valence-electron chi connectivity index (χ3n) is 4.43. The number of amides is 1. The molecule has 0 bridgehead atoms. The second kappa shape index (κ2) is 8.32. The lowest BCUT2D eigenvalue weighted by atomic mass is 9.96. The summed E-state index contributed by atoms with van der Waals surface area (Å²) in [5.41, 5.74) is 1.85. The average molecular weight is 440 g/mol. The fourth-order valence-electron chi connectivity index (χ4n) is 2.92. The summed E-state index contributed by atoms with van der Waals surface area (Å²) in [5, 5.41) is 3.66. The van der Waals surface area contributed by atoms with Crippen LogP contribution in [-0.4, -0.2) is 40.9 Å². The lowest BCUT2D eigenvalue weighted by Crippen LogP contribution is -2.35. The van der Waals surface area contributed by atoms with Crippen molar-refractivity contribution in [1.82, 2.24) is 14.9 Å². The number of hydrogen-bond donors (Lipinski definition) is 2. The van der Waals surface area contributed by atoms with E-state index >= 15 is 0 Å². The van der Waals surface area contributed by atoms with Gasteiger partial charge < -0.3 is 14.9 Å². The number of benzene rings is 1. The van der Waals surface area contributed by atoms with Crippen LogP contribution in [0.25, 0.3) is 10.2 Å². The molecule has 0 radical (unpaired) electrons. The van der Waals surface area contributed by atoms with Crippen molar-refractivity contribution < 1.29 is 4.79 Å². The molecule has 2 aromatic heterocycles. The van der Waals surface area contributed by atoms with Gasteiger partial charge in [-0.3, -0.25) is 4.79 Å². The van der Waals surface area contributed by atoms with Gasteiger partial charge in [-0.25, -0.2) is 9.97 Å². The molecule has 1 amide bonds. The summed E-state index contributed by atoms with van der Waals surface area (Å²) in [7, 11) is 2.09. The Labute approximate surface area is 174 Å². The summed E-state index contributed by atoms with van der Waals surface area (Å²) in [6.07, 6.45) is 3.55. The number of nitrogens with one attached hydrogen (secondary N) is 2. The number of carbonyl (C=O) groups excluding carboxylic acids is 1. The van der Waals surface area contributed by atoms with Crippen LogP contribution in [-0.2, 0) is 4.79 Å². The lowest BCUT2D eigenvalue weighted by molar-refractivity contribution is -0.121. The van der Waals surface area contributed by atoms with Gasteiger partial charge in [0.25, 0.3) is 0 Å². The molecule has 4 rings (SSSR count). The molecule has 10 heteroatoms. The maximum atomic E-state index is 12.5. The molecule has 3 aromatic rings. The number of hydrogen-bond acceptors (Lipinski definition) is 8. The maximum absolute atomic E-state index is 12.5. The molecule has 0 unspecified atom stereocenters. The summed E-state index contributed by atoms with van der Waals surface area (Å²) in [5.74, 6) is 0.159. The van der Waals surface area contributed by atoms with Crippen molar-refractivity contribution in [1.29, 1.82) is 0 Å². The molecule has 0 aliphatic carbocycles. The van der Waals surface area contributed by atoms with Gasteiger partial charge in [-0.15, -0.1) is 0 Å². The topological polar surface area (TPSA) is 70.2 Å². The number of carbonyl (C=O) groups is 1. The fraction of sp³-hybridized carbons (Fsp3) is 0.353. The summed E-state index contributed by atoms with van der Waals surface area (Å²) >= 11 is 10.2. The van der Waals surface area contributed by atoms with Gasteiger partial charge in [0.05, 0.1) is 16.4 Å². The summed E-state index contributed by atoms with van der Waals surface area (Å²) < 4.78 is 5.84. The minimum Gasteiger partial charge on any atom is -0.325 e. The molecule has 1 aliphatic rings. The molecular weight excluding hydrogens is 422 g/mol. The van der Waals surface area contributed by atoms with E-state index in [1.54, 1.807) is 6.20 Å². The Bertz CT molecular complexity index is 951. The zero-order chi connectivity index (χ0) is 18.8. The molecule has 27 heavy (non-hydrogen) atoms. The van der Waals surface area contributed by atoms with Crippen LogP contribution in [0.1, 0.15) is 12.8 Å². The quantitative estimate of drug-likeness (QED) is 0.556. The van der Waals surface area contributed by atoms with E-state index in [1.165, 1.54) is 34.6 Å². The summed E-state index contributed by atoms with van der Waals surface area (Å²) in [4.78, 5) is 23.3. The van der Waals surface area contributed by atoms with E-state index in [2.05, 4.69) is 32.0 Å². The highest BCUT2D eigenvalue weighted by Crippen LogP contribution is 2.32. The van der Waals surface area contributed by atoms with Crippen LogP contribution in [0.4, 0.5) is 10.8 Å². The van der Waals surface area contributed by atoms with Gasteiger partial charge >= 0.3 is 0 Å². The molecular formula is C17H18ClN5OS3. The van der Waals surface area contributed by atoms with E-state index in [0.29, 0.717) is 9.60 Å². The van der Waals surface area contributed by atoms with Crippen LogP contribution in [0.15, 0.2) is 28.6 Å². The van der Waals surface area contributed by atoms with Crippen molar-refractivity contribution in [3.8, 4) is 0 Å². The fourth-order valence-corrected chi connectivity index (χ4v) is 5.61. The van der Waals surface area contributed by atoms with Crippen LogP contribution >= 0.6 is 46.2 Å². The first-order valence-corrected chi connectivity index (χ1v) is 11.3. The smallest absolute Gasteiger partial charge is 0.229 e. The molecule has 142 valence electrons. The first-order valence-electron chi connectivity index (χ1n) is 8.51. The zero-order valence-electron chi connectivity index (χ0n) is 14.6. The van der Waals surface area contributed by atoms with E-state index < -0.39 is 0 Å². The van der Waals surface area contributed by atoms with Gasteiger partial charge in [0.1, 0.15) is 4.21 Å². The minimum absolute atomic E-state index is 0.0769. The summed E-state index contributed by atoms with van der Waals surface area (Å²) in [6, 6.07) is 5.97. The van der Waals surface area contributed by atoms with E-state index in [-0.39, 0.29) is 11.8 Å². The Morgan fingerprint density at radius 3 is 2.89 bits per heavy atom. The third-order valence-corrected chi connectivity index (χ3v) is 7.42. The molecule has 1 aliphatic heterocycles. The van der Waals surface area contributed by atoms with Gasteiger partial charge in [0, 0.05) is 11.6 Å². The summed E-state index contributed by atoms with van der Waals surface area (Å²) in [6.45, 7) is 1.94. The van der Waals surface area contributed by atoms with Gasteiger partial charge in [-0.2, -0.15) is 0 Å². The second-order valence-electron chi connectivity index (χ2n) is 6.40. The highest BCUT2D eigenvalue weighted by molar-refractivity contribution is 8.02. The number of piperidine rings is 1. The van der Waals surface area contributed by atoms with Crippen molar-refractivity contribution in [3.63, 3.8) is 0 Å². The highest BCUT2D eigenvalue weighted by atomic mass is 35.5. The normalized spacial score (nSPS) is 15.9. The molecule has 1 aromatic carbocycles. The zero-order valence-corrected chi connectivity index (χ0v) is 17.8. The van der Waals surface area contributed by atoms with Crippen molar-refractivity contribution >= 4 is 73.2 Å². The molecule has 1 saturated heterocycles. The second-order valence-corrected chi connectivity index (χ2v) is 10.2. The van der Waals surface area contributed by atoms with Crippen molar-refractivity contribution in [2.75, 3.05) is 30.2 Å². The number of anilines is 2. The number of halogens is 1. The predicted octanol–water partition coefficient (Wildman–Crippen LogP) is 4.81. The van der Waals surface area contributed by atoms with Crippen LogP contribution in [0.3, 0.4) is 0 Å². The van der Waals surface area contributed by atoms with Gasteiger partial charge in [0.2, 0.25) is 5.91 Å². The SMILES string of the molecule is CN1CCC(C(=O)Nc2nc3ccc(NSc4cnc(Cl)s4)cc3s2)CC1. The van der Waals surface area contributed by atoms with Crippen molar-refractivity contribution in [3.05, 3.63) is 28.9 Å². The number of thiazole rings is 2. The van der Waals surface area contributed by atoms with Gasteiger partial charge in [-0.1, -0.05) is 34.3 Å². The number of rotatable bonds is 5. The average Bonchev–Trinajstić information content (AvgIpc) is 3.25. The van der Waals surface area contributed by atoms with Crippen molar-refractivity contribution in [2.24, 2.45) is 5.92 Å². The van der Waals surface area contributed by atoms with E-state index in [4.69, 9.17) is 11.6 Å². The Balaban J connectivity index is 1.40. The standard InChI is InChI=1S/C17H18ClN5OS3/c1-23-6-4-10(5-7-23)15(24)21-17-20-12-3-2-11(8-13(12)25-17)22-27-14-9-19-16(18)26-14/h2-3,8-10,22H,4-7H2,1H3,(H,20,21,24). The number of aromatic nitrogens is 2. The third kappa shape index (κ3) is 4.72. The molecule has 0 atom stereocenters. The Morgan fingerprint density at radius 1 is 1.33 bits per heavy atom. The predicted molar refractivity (Wildman–Crippen MR) is 115 cm³/mol. The van der Waals surface area contributed by atoms with Crippen LogP contribution in [0.5, 0.6) is 0 Å². The Hall–Kier alpha value is -1.39. The first-order chi connectivity index (χ1) is 13.1. The Morgan fingerprint density at radius 2 is 2.15 bits per heavy atom. The van der Waals surface area contributed by atoms with E-state index in [0.717, 1.165) is 46.0 Å². The molecule has 0 spiro atoms. The van der Waals surface area contributed by atoms with Crippen LogP contribution in [0, 0.1) is 5.92 Å². The Kier molecular flexibility index (Phi) is 5.84. The number of likely N-dealkylation sites (tertiary alicyclic amines) is 1. The van der Waals surface area contributed by atoms with E-state index in [1.807, 2.05) is 18.2 Å². The van der Waals surface area contributed by atoms with Crippen LogP contribution < -0.4 is 10.0 Å². The maximum Gasteiger partial charge on any atom is 0.229 e. The first kappa shape index (κ1) is 18.9. The monoisotopic (exact) mass is 439 g/mol. The van der Waals surface area contributed by atoms with Gasteiger partial charge in [-0.05, 0) is 63.1 Å². The molecule has 6 nitrogen and oxygen atoms in total. The molecule has 0 saturated carbocycles. The van der Waals surface area contributed by atoms with Crippen molar-refractivity contribution in [2.45, 2.75) is 17.1 Å². The van der Waals surface area contributed by atoms with Crippen LogP contribution in [0.2, 0.25) is 4.47 Å². The molecule has 2 N–H and O–H groups in total. The molecule has 1 fully saturated rings. The lowest BCUT2D eigenvalue weighted by Gasteiger charge is -2.27. The minimum atomic E-state index is 0.0769. The molecule has 3 heterocycles. The number of nitrogens with zero attached hydrogens (tertiary/aromatic N) is 3. The largest absolute Gasteiger partial charge is 0.325 e. The highest BCUT2D eigenvalue weighted by Gasteiger charge is 2.24. The number of fused-ring (bicyclic) bond motifs is 1.